The van der Waals surface area contributed by atoms with Crippen molar-refractivity contribution in [2.45, 2.75) is 65.9 Å². The molecule has 0 radical (unpaired) electrons. The Kier molecular flexibility index (Phi) is 2.11. The molecule has 3 fully saturated rings. The van der Waals surface area contributed by atoms with Crippen LogP contribution >= 0.6 is 0 Å². The molecule has 3 rings (SSSR count). The summed E-state index contributed by atoms with van der Waals surface area (Å²) in [5, 5.41) is 0. The van der Waals surface area contributed by atoms with Crippen molar-refractivity contribution in [3.63, 3.8) is 0 Å². The average Bonchev–Trinajstić information content (AvgIpc) is 2.17. The molecule has 1 heterocycles. The van der Waals surface area contributed by atoms with Gasteiger partial charge in [0.25, 0.3) is 0 Å². The van der Waals surface area contributed by atoms with Crippen LogP contribution in [0.5, 0.6) is 0 Å². The summed E-state index contributed by atoms with van der Waals surface area (Å²) in [4.78, 5) is 0. The van der Waals surface area contributed by atoms with Gasteiger partial charge in [0.2, 0.25) is 0 Å². The summed E-state index contributed by atoms with van der Waals surface area (Å²) in [5.74, 6) is 0.916. The second-order valence-electron chi connectivity index (χ2n) is 7.61. The topological polar surface area (TPSA) is 9.23 Å². The lowest BCUT2D eigenvalue weighted by atomic mass is 9.42. The van der Waals surface area contributed by atoms with E-state index in [1.54, 1.807) is 0 Å². The molecule has 16 heavy (non-hydrogen) atoms. The summed E-state index contributed by atoms with van der Waals surface area (Å²) >= 11 is 0. The van der Waals surface area contributed by atoms with E-state index in [4.69, 9.17) is 4.74 Å². The van der Waals surface area contributed by atoms with Gasteiger partial charge in [0.1, 0.15) is 0 Å². The Labute approximate surface area is 99.9 Å². The van der Waals surface area contributed by atoms with E-state index in [-0.39, 0.29) is 0 Å². The van der Waals surface area contributed by atoms with Gasteiger partial charge in [-0.25, -0.2) is 0 Å². The second-order valence-corrected chi connectivity index (χ2v) is 7.61. The summed E-state index contributed by atoms with van der Waals surface area (Å²) in [5.41, 5.74) is 1.57. The lowest BCUT2D eigenvalue weighted by molar-refractivity contribution is -0.290. The van der Waals surface area contributed by atoms with Crippen LogP contribution in [0, 0.1) is 22.2 Å². The molecule has 2 saturated carbocycles. The fourth-order valence-electron chi connectivity index (χ4n) is 5.22. The van der Waals surface area contributed by atoms with Crippen LogP contribution in [0.25, 0.3) is 0 Å². The molecule has 0 aromatic heterocycles. The van der Waals surface area contributed by atoms with Gasteiger partial charge in [-0.1, -0.05) is 34.1 Å². The van der Waals surface area contributed by atoms with Crippen molar-refractivity contribution in [3.05, 3.63) is 0 Å². The van der Waals surface area contributed by atoms with E-state index in [1.165, 1.54) is 32.1 Å². The Morgan fingerprint density at radius 2 is 1.69 bits per heavy atom. The fourth-order valence-corrected chi connectivity index (χ4v) is 5.22. The van der Waals surface area contributed by atoms with E-state index in [0.29, 0.717) is 22.3 Å². The first-order chi connectivity index (χ1) is 7.40. The predicted molar refractivity (Wildman–Crippen MR) is 66.3 cm³/mol. The Hall–Kier alpha value is -0.0400. The third-order valence-corrected chi connectivity index (χ3v) is 6.55. The molecule has 3 aliphatic rings. The highest BCUT2D eigenvalue weighted by atomic mass is 16.5. The smallest absolute Gasteiger partial charge is 0.0656 e. The minimum absolute atomic E-state index is 0.480. The quantitative estimate of drug-likeness (QED) is 0.601. The van der Waals surface area contributed by atoms with Crippen molar-refractivity contribution < 1.29 is 4.74 Å². The number of hydrogen-bond acceptors (Lipinski definition) is 1. The highest BCUT2D eigenvalue weighted by molar-refractivity contribution is 5.12. The van der Waals surface area contributed by atoms with Gasteiger partial charge in [0.05, 0.1) is 12.7 Å². The summed E-state index contributed by atoms with van der Waals surface area (Å²) in [6.45, 7) is 11.1. The van der Waals surface area contributed by atoms with Crippen LogP contribution in [0.3, 0.4) is 0 Å². The monoisotopic (exact) mass is 222 g/mol. The zero-order chi connectivity index (χ0) is 11.6. The van der Waals surface area contributed by atoms with Crippen LogP contribution in [-0.2, 0) is 4.74 Å². The van der Waals surface area contributed by atoms with Gasteiger partial charge in [-0.3, -0.25) is 0 Å². The summed E-state index contributed by atoms with van der Waals surface area (Å²) in [6, 6.07) is 0. The molecule has 0 aromatic rings. The van der Waals surface area contributed by atoms with Gasteiger partial charge in [0.15, 0.2) is 0 Å². The molecule has 0 spiro atoms. The SMILES string of the molecule is CC1(C)CCCC2(C)C1CCC1OCC12C. The maximum atomic E-state index is 5.82. The summed E-state index contributed by atoms with van der Waals surface area (Å²) in [7, 11) is 0. The van der Waals surface area contributed by atoms with Crippen LogP contribution in [0.15, 0.2) is 0 Å². The van der Waals surface area contributed by atoms with E-state index < -0.39 is 0 Å². The third-order valence-electron chi connectivity index (χ3n) is 6.55. The number of rotatable bonds is 0. The largest absolute Gasteiger partial charge is 0.377 e. The van der Waals surface area contributed by atoms with Crippen molar-refractivity contribution in [1.82, 2.24) is 0 Å². The molecule has 0 aromatic carbocycles. The van der Waals surface area contributed by atoms with Crippen LogP contribution < -0.4 is 0 Å². The molecule has 4 unspecified atom stereocenters. The van der Waals surface area contributed by atoms with Crippen molar-refractivity contribution in [2.24, 2.45) is 22.2 Å². The van der Waals surface area contributed by atoms with Crippen LogP contribution in [0.4, 0.5) is 0 Å². The van der Waals surface area contributed by atoms with Crippen LogP contribution in [0.1, 0.15) is 59.8 Å². The minimum Gasteiger partial charge on any atom is -0.377 e. The molecule has 2 aliphatic carbocycles. The van der Waals surface area contributed by atoms with E-state index in [9.17, 15) is 0 Å². The molecule has 92 valence electrons. The fraction of sp³-hybridized carbons (Fsp3) is 1.00. The molecule has 1 heteroatoms. The predicted octanol–water partition coefficient (Wildman–Crippen LogP) is 4.02. The standard InChI is InChI=1S/C15H26O/c1-13(2)8-5-9-14(3)11(13)6-7-12-15(14,4)10-16-12/h11-12H,5-10H2,1-4H3. The third kappa shape index (κ3) is 1.11. The van der Waals surface area contributed by atoms with Crippen LogP contribution in [0.2, 0.25) is 0 Å². The summed E-state index contributed by atoms with van der Waals surface area (Å²) < 4.78 is 5.82. The maximum Gasteiger partial charge on any atom is 0.0656 e. The average molecular weight is 222 g/mol. The lowest BCUT2D eigenvalue weighted by Gasteiger charge is -2.68. The molecule has 1 nitrogen and oxygen atoms in total. The van der Waals surface area contributed by atoms with Crippen LogP contribution in [-0.4, -0.2) is 12.7 Å². The van der Waals surface area contributed by atoms with Gasteiger partial charge in [-0.05, 0) is 42.4 Å². The van der Waals surface area contributed by atoms with E-state index in [2.05, 4.69) is 27.7 Å². The molecule has 0 N–H and O–H groups in total. The van der Waals surface area contributed by atoms with E-state index >= 15 is 0 Å². The molecule has 1 saturated heterocycles. The molecular formula is C15H26O. The first-order valence-corrected chi connectivity index (χ1v) is 7.02. The maximum absolute atomic E-state index is 5.82. The molecule has 1 aliphatic heterocycles. The van der Waals surface area contributed by atoms with E-state index in [0.717, 1.165) is 12.5 Å². The zero-order valence-electron chi connectivity index (χ0n) is 11.3. The number of ether oxygens (including phenoxy) is 1. The normalized spacial score (nSPS) is 54.8. The summed E-state index contributed by atoms with van der Waals surface area (Å²) in [6.07, 6.45) is 7.54. The first kappa shape index (κ1) is 11.1. The highest BCUT2D eigenvalue weighted by Crippen LogP contribution is 2.67. The Morgan fingerprint density at radius 3 is 2.31 bits per heavy atom. The van der Waals surface area contributed by atoms with Gasteiger partial charge >= 0.3 is 0 Å². The van der Waals surface area contributed by atoms with Crippen molar-refractivity contribution in [3.8, 4) is 0 Å². The first-order valence-electron chi connectivity index (χ1n) is 7.02. The van der Waals surface area contributed by atoms with Crippen molar-refractivity contribution in [2.75, 3.05) is 6.61 Å². The Morgan fingerprint density at radius 1 is 0.938 bits per heavy atom. The highest BCUT2D eigenvalue weighted by Gasteiger charge is 2.64. The molecule has 4 atom stereocenters. The van der Waals surface area contributed by atoms with Gasteiger partial charge in [-0.15, -0.1) is 0 Å². The van der Waals surface area contributed by atoms with Crippen molar-refractivity contribution in [1.29, 1.82) is 0 Å². The van der Waals surface area contributed by atoms with Gasteiger partial charge in [-0.2, -0.15) is 0 Å². The Balaban J connectivity index is 1.99. The number of hydrogen-bond donors (Lipinski definition) is 0. The van der Waals surface area contributed by atoms with E-state index in [1.807, 2.05) is 0 Å². The minimum atomic E-state index is 0.480. The number of fused-ring (bicyclic) bond motifs is 3. The molecule has 0 amide bonds. The van der Waals surface area contributed by atoms with Gasteiger partial charge < -0.3 is 4.74 Å². The Bertz CT molecular complexity index is 309. The molecular weight excluding hydrogens is 196 g/mol. The second kappa shape index (κ2) is 3.04. The van der Waals surface area contributed by atoms with Crippen molar-refractivity contribution >= 4 is 0 Å². The zero-order valence-corrected chi connectivity index (χ0v) is 11.3. The molecule has 0 bridgehead atoms. The van der Waals surface area contributed by atoms with Gasteiger partial charge in [0, 0.05) is 5.41 Å². The lowest BCUT2D eigenvalue weighted by Crippen LogP contribution is -2.66.